The lowest BCUT2D eigenvalue weighted by Crippen LogP contribution is -2.47. The van der Waals surface area contributed by atoms with Gasteiger partial charge >= 0.3 is 0 Å². The van der Waals surface area contributed by atoms with Gasteiger partial charge in [0.05, 0.1) is 0 Å². The van der Waals surface area contributed by atoms with Crippen molar-refractivity contribution in [1.29, 1.82) is 0 Å². The maximum absolute atomic E-state index is 6.74. The first kappa shape index (κ1) is 14.6. The van der Waals surface area contributed by atoms with Crippen LogP contribution in [0.15, 0.2) is 18.2 Å². The van der Waals surface area contributed by atoms with Crippen LogP contribution < -0.4 is 5.73 Å². The summed E-state index contributed by atoms with van der Waals surface area (Å²) in [6, 6.07) is 6.75. The summed E-state index contributed by atoms with van der Waals surface area (Å²) in [5, 5.41) is 0. The van der Waals surface area contributed by atoms with Gasteiger partial charge in [-0.2, -0.15) is 0 Å². The van der Waals surface area contributed by atoms with Crippen LogP contribution in [-0.4, -0.2) is 5.54 Å². The molecule has 106 valence electrons. The van der Waals surface area contributed by atoms with E-state index in [0.29, 0.717) is 0 Å². The summed E-state index contributed by atoms with van der Waals surface area (Å²) in [5.41, 5.74) is 10.9. The van der Waals surface area contributed by atoms with E-state index in [9.17, 15) is 0 Å². The summed E-state index contributed by atoms with van der Waals surface area (Å²) < 4.78 is 0. The minimum absolute atomic E-state index is 0.0196. The third-order valence-electron chi connectivity index (χ3n) is 4.91. The van der Waals surface area contributed by atoms with E-state index in [4.69, 9.17) is 5.73 Å². The molecule has 1 aliphatic carbocycles. The Morgan fingerprint density at radius 1 is 1.32 bits per heavy atom. The van der Waals surface area contributed by atoms with Crippen molar-refractivity contribution in [3.05, 3.63) is 34.9 Å². The van der Waals surface area contributed by atoms with Crippen LogP contribution in [0.4, 0.5) is 0 Å². The van der Waals surface area contributed by atoms with E-state index in [2.05, 4.69) is 45.9 Å². The SMILES string of the molecule is Cc1ccc(C)c(CC2(N)CCCC(C(C)C)C2)c1. The first-order valence-corrected chi connectivity index (χ1v) is 7.75. The molecule has 1 aromatic rings. The normalized spacial score (nSPS) is 27.8. The fourth-order valence-corrected chi connectivity index (χ4v) is 3.54. The van der Waals surface area contributed by atoms with Crippen LogP contribution in [0.3, 0.4) is 0 Å². The first-order chi connectivity index (χ1) is 8.89. The van der Waals surface area contributed by atoms with Crippen molar-refractivity contribution in [2.45, 2.75) is 65.3 Å². The highest BCUT2D eigenvalue weighted by molar-refractivity contribution is 5.32. The highest BCUT2D eigenvalue weighted by atomic mass is 14.7. The van der Waals surface area contributed by atoms with Crippen molar-refractivity contribution >= 4 is 0 Å². The molecule has 19 heavy (non-hydrogen) atoms. The number of benzene rings is 1. The number of nitrogens with two attached hydrogens (primary N) is 1. The van der Waals surface area contributed by atoms with E-state index in [0.717, 1.165) is 18.3 Å². The second-order valence-electron chi connectivity index (χ2n) is 7.07. The predicted octanol–water partition coefficient (Wildman–Crippen LogP) is 4.39. The number of hydrogen-bond donors (Lipinski definition) is 1. The minimum Gasteiger partial charge on any atom is -0.325 e. The average molecular weight is 259 g/mol. The minimum atomic E-state index is 0.0196. The quantitative estimate of drug-likeness (QED) is 0.856. The molecule has 0 spiro atoms. The monoisotopic (exact) mass is 259 g/mol. The summed E-state index contributed by atoms with van der Waals surface area (Å²) in [4.78, 5) is 0. The molecule has 1 heteroatoms. The van der Waals surface area contributed by atoms with Crippen LogP contribution in [0.2, 0.25) is 0 Å². The molecule has 2 atom stereocenters. The van der Waals surface area contributed by atoms with E-state index in [1.54, 1.807) is 0 Å². The fourth-order valence-electron chi connectivity index (χ4n) is 3.54. The molecule has 1 fully saturated rings. The third-order valence-corrected chi connectivity index (χ3v) is 4.91. The Morgan fingerprint density at radius 2 is 2.05 bits per heavy atom. The molecule has 2 rings (SSSR count). The maximum Gasteiger partial charge on any atom is 0.0197 e. The average Bonchev–Trinajstić information content (AvgIpc) is 2.33. The second-order valence-corrected chi connectivity index (χ2v) is 7.07. The van der Waals surface area contributed by atoms with Crippen LogP contribution in [0.5, 0.6) is 0 Å². The molecule has 0 amide bonds. The highest BCUT2D eigenvalue weighted by Gasteiger charge is 2.34. The number of hydrogen-bond acceptors (Lipinski definition) is 1. The molecule has 2 N–H and O–H groups in total. The molecule has 1 nitrogen and oxygen atoms in total. The Morgan fingerprint density at radius 3 is 2.74 bits per heavy atom. The molecule has 1 saturated carbocycles. The molecule has 0 radical (unpaired) electrons. The van der Waals surface area contributed by atoms with Gasteiger partial charge in [-0.25, -0.2) is 0 Å². The lowest BCUT2D eigenvalue weighted by Gasteiger charge is -2.40. The Kier molecular flexibility index (Phi) is 4.35. The van der Waals surface area contributed by atoms with Gasteiger partial charge in [0.1, 0.15) is 0 Å². The Labute approximate surface area is 118 Å². The highest BCUT2D eigenvalue weighted by Crippen LogP contribution is 2.37. The second kappa shape index (κ2) is 5.66. The molecular formula is C18H29N. The molecule has 0 bridgehead atoms. The molecule has 0 aliphatic heterocycles. The number of aryl methyl sites for hydroxylation is 2. The largest absolute Gasteiger partial charge is 0.325 e. The summed E-state index contributed by atoms with van der Waals surface area (Å²) in [6.45, 7) is 9.06. The van der Waals surface area contributed by atoms with Gasteiger partial charge in [-0.1, -0.05) is 50.5 Å². The molecule has 0 heterocycles. The topological polar surface area (TPSA) is 26.0 Å². The molecule has 2 unspecified atom stereocenters. The zero-order valence-corrected chi connectivity index (χ0v) is 13.0. The van der Waals surface area contributed by atoms with Gasteiger partial charge in [0.25, 0.3) is 0 Å². The van der Waals surface area contributed by atoms with E-state index in [1.807, 2.05) is 0 Å². The Hall–Kier alpha value is -0.820. The lowest BCUT2D eigenvalue weighted by molar-refractivity contribution is 0.182. The van der Waals surface area contributed by atoms with Crippen molar-refractivity contribution in [2.24, 2.45) is 17.6 Å². The van der Waals surface area contributed by atoms with Crippen molar-refractivity contribution in [2.75, 3.05) is 0 Å². The molecular weight excluding hydrogens is 230 g/mol. The molecule has 1 aromatic carbocycles. The predicted molar refractivity (Wildman–Crippen MR) is 83.3 cm³/mol. The molecule has 0 aromatic heterocycles. The third kappa shape index (κ3) is 3.60. The van der Waals surface area contributed by atoms with Crippen LogP contribution in [-0.2, 0) is 6.42 Å². The van der Waals surface area contributed by atoms with E-state index < -0.39 is 0 Å². The van der Waals surface area contributed by atoms with Crippen LogP contribution in [0.25, 0.3) is 0 Å². The van der Waals surface area contributed by atoms with Gasteiger partial charge in [-0.05, 0) is 56.1 Å². The van der Waals surface area contributed by atoms with Gasteiger partial charge in [0.15, 0.2) is 0 Å². The van der Waals surface area contributed by atoms with Gasteiger partial charge in [0, 0.05) is 5.54 Å². The summed E-state index contributed by atoms with van der Waals surface area (Å²) in [6.07, 6.45) is 6.08. The summed E-state index contributed by atoms with van der Waals surface area (Å²) in [5.74, 6) is 1.57. The Bertz CT molecular complexity index is 435. The smallest absolute Gasteiger partial charge is 0.0197 e. The van der Waals surface area contributed by atoms with Crippen LogP contribution >= 0.6 is 0 Å². The molecule has 1 aliphatic rings. The van der Waals surface area contributed by atoms with Crippen LogP contribution in [0, 0.1) is 25.7 Å². The zero-order valence-electron chi connectivity index (χ0n) is 13.0. The van der Waals surface area contributed by atoms with E-state index >= 15 is 0 Å². The Balaban J connectivity index is 2.14. The van der Waals surface area contributed by atoms with Crippen LogP contribution in [0.1, 0.15) is 56.2 Å². The summed E-state index contributed by atoms with van der Waals surface area (Å²) >= 11 is 0. The zero-order chi connectivity index (χ0) is 14.0. The van der Waals surface area contributed by atoms with E-state index in [-0.39, 0.29) is 5.54 Å². The van der Waals surface area contributed by atoms with Crippen molar-refractivity contribution in [3.8, 4) is 0 Å². The van der Waals surface area contributed by atoms with Crippen molar-refractivity contribution in [1.82, 2.24) is 0 Å². The van der Waals surface area contributed by atoms with Crippen molar-refractivity contribution < 1.29 is 0 Å². The van der Waals surface area contributed by atoms with Crippen molar-refractivity contribution in [3.63, 3.8) is 0 Å². The lowest BCUT2D eigenvalue weighted by atomic mass is 9.69. The molecule has 0 saturated heterocycles. The fraction of sp³-hybridized carbons (Fsp3) is 0.667. The van der Waals surface area contributed by atoms with Gasteiger partial charge < -0.3 is 5.73 Å². The summed E-state index contributed by atoms with van der Waals surface area (Å²) in [7, 11) is 0. The number of rotatable bonds is 3. The maximum atomic E-state index is 6.74. The van der Waals surface area contributed by atoms with Gasteiger partial charge in [-0.3, -0.25) is 0 Å². The van der Waals surface area contributed by atoms with E-state index in [1.165, 1.54) is 42.4 Å². The van der Waals surface area contributed by atoms with Gasteiger partial charge in [-0.15, -0.1) is 0 Å². The van der Waals surface area contributed by atoms with Gasteiger partial charge in [0.2, 0.25) is 0 Å². The first-order valence-electron chi connectivity index (χ1n) is 7.75. The standard InChI is InChI=1S/C18H29N/c1-13(2)16-6-5-9-18(19,11-16)12-17-10-14(3)7-8-15(17)4/h7-8,10,13,16H,5-6,9,11-12,19H2,1-4H3.